The Kier molecular flexibility index (Phi) is 6.54. The zero-order valence-electron chi connectivity index (χ0n) is 16.2. The van der Waals surface area contributed by atoms with Crippen molar-refractivity contribution in [2.75, 3.05) is 10.0 Å². The fourth-order valence-corrected chi connectivity index (χ4v) is 4.01. The van der Waals surface area contributed by atoms with Gasteiger partial charge in [-0.15, -0.1) is 0 Å². The number of hydrogen-bond acceptors (Lipinski definition) is 3. The second-order valence-electron chi connectivity index (χ2n) is 7.64. The van der Waals surface area contributed by atoms with Crippen molar-refractivity contribution in [3.8, 4) is 0 Å². The second kappa shape index (κ2) is 8.06. The van der Waals surface area contributed by atoms with Crippen LogP contribution in [0.3, 0.4) is 0 Å². The highest BCUT2D eigenvalue weighted by atomic mass is 32.2. The van der Waals surface area contributed by atoms with Crippen LogP contribution in [0.4, 0.5) is 15.8 Å². The van der Waals surface area contributed by atoms with Gasteiger partial charge in [0.25, 0.3) is 10.0 Å². The van der Waals surface area contributed by atoms with Gasteiger partial charge in [-0.1, -0.05) is 51.4 Å². The van der Waals surface area contributed by atoms with Crippen LogP contribution in [-0.4, -0.2) is 14.3 Å². The third-order valence-corrected chi connectivity index (χ3v) is 6.17. The van der Waals surface area contributed by atoms with E-state index in [-0.39, 0.29) is 16.5 Å². The minimum Gasteiger partial charge on any atom is -0.326 e. The molecule has 0 aliphatic carbocycles. The van der Waals surface area contributed by atoms with E-state index >= 15 is 0 Å². The average Bonchev–Trinajstić information content (AvgIpc) is 2.52. The van der Waals surface area contributed by atoms with Gasteiger partial charge in [0.2, 0.25) is 5.91 Å². The molecule has 0 radical (unpaired) electrons. The van der Waals surface area contributed by atoms with Crippen molar-refractivity contribution in [2.45, 2.75) is 37.7 Å². The SMILES string of the molecule is Cc1cc(NC(=O)C(C)(C)C)ccc1S(=O)(=O)Nc1cccc(C(F)(P)P)c1. The van der Waals surface area contributed by atoms with Gasteiger partial charge in [0.05, 0.1) is 4.90 Å². The van der Waals surface area contributed by atoms with Crippen molar-refractivity contribution >= 4 is 45.8 Å². The number of carbonyl (C=O) groups is 1. The maximum Gasteiger partial charge on any atom is 0.262 e. The van der Waals surface area contributed by atoms with Crippen LogP contribution in [-0.2, 0) is 20.0 Å². The molecule has 9 heteroatoms. The van der Waals surface area contributed by atoms with Gasteiger partial charge in [-0.25, -0.2) is 12.8 Å². The molecule has 0 saturated heterocycles. The Morgan fingerprint density at radius 1 is 1.04 bits per heavy atom. The number of carbonyl (C=O) groups excluding carboxylic acids is 1. The summed E-state index contributed by atoms with van der Waals surface area (Å²) in [5, 5.41) is 1.03. The highest BCUT2D eigenvalue weighted by molar-refractivity contribution is 7.92. The highest BCUT2D eigenvalue weighted by Crippen LogP contribution is 2.40. The molecule has 0 fully saturated rings. The number of hydrogen-bond donors (Lipinski definition) is 2. The van der Waals surface area contributed by atoms with Crippen LogP contribution < -0.4 is 10.0 Å². The van der Waals surface area contributed by atoms with E-state index < -0.39 is 20.6 Å². The summed E-state index contributed by atoms with van der Waals surface area (Å²) in [6.45, 7) is 7.03. The topological polar surface area (TPSA) is 75.3 Å². The largest absolute Gasteiger partial charge is 0.326 e. The Balaban J connectivity index is 2.28. The Morgan fingerprint density at radius 2 is 1.68 bits per heavy atom. The number of anilines is 2. The quantitative estimate of drug-likeness (QED) is 0.664. The molecule has 2 atom stereocenters. The lowest BCUT2D eigenvalue weighted by molar-refractivity contribution is -0.123. The minimum absolute atomic E-state index is 0.0786. The molecule has 0 aromatic heterocycles. The Bertz CT molecular complexity index is 997. The smallest absolute Gasteiger partial charge is 0.262 e. The molecule has 2 unspecified atom stereocenters. The molecule has 5 nitrogen and oxygen atoms in total. The summed E-state index contributed by atoms with van der Waals surface area (Å²) in [5.41, 5.74) is 0.999. The van der Waals surface area contributed by atoms with Gasteiger partial charge < -0.3 is 5.32 Å². The van der Waals surface area contributed by atoms with Gasteiger partial charge in [0.1, 0.15) is 0 Å². The molecule has 1 amide bonds. The normalized spacial score (nSPS) is 12.5. The summed E-state index contributed by atoms with van der Waals surface area (Å²) >= 11 is 0. The first-order valence-electron chi connectivity index (χ1n) is 8.52. The van der Waals surface area contributed by atoms with Crippen LogP contribution in [0, 0.1) is 12.3 Å². The first kappa shape index (κ1) is 22.7. The van der Waals surface area contributed by atoms with Crippen molar-refractivity contribution in [2.24, 2.45) is 5.41 Å². The number of halogens is 1. The van der Waals surface area contributed by atoms with Crippen molar-refractivity contribution in [3.05, 3.63) is 53.6 Å². The van der Waals surface area contributed by atoms with E-state index in [1.807, 2.05) is 18.5 Å². The molecular weight excluding hydrogens is 417 g/mol. The number of alkyl halides is 1. The number of amides is 1. The lowest BCUT2D eigenvalue weighted by atomic mass is 9.95. The molecular formula is C19H25FN2O3P2S. The zero-order valence-corrected chi connectivity index (χ0v) is 19.3. The van der Waals surface area contributed by atoms with E-state index in [1.54, 1.807) is 58.0 Å². The van der Waals surface area contributed by atoms with E-state index in [9.17, 15) is 17.6 Å². The molecule has 28 heavy (non-hydrogen) atoms. The number of aryl methyl sites for hydroxylation is 1. The molecule has 2 aromatic rings. The summed E-state index contributed by atoms with van der Waals surface area (Å²) in [7, 11) is 0.212. The van der Waals surface area contributed by atoms with Gasteiger partial charge in [0, 0.05) is 16.8 Å². The van der Waals surface area contributed by atoms with Gasteiger partial charge in [-0.3, -0.25) is 9.52 Å². The fraction of sp³-hybridized carbons (Fsp3) is 0.316. The monoisotopic (exact) mass is 442 g/mol. The van der Waals surface area contributed by atoms with Gasteiger partial charge in [-0.2, -0.15) is 0 Å². The zero-order chi connectivity index (χ0) is 21.3. The minimum atomic E-state index is -3.88. The molecule has 0 aliphatic rings. The van der Waals surface area contributed by atoms with Gasteiger partial charge >= 0.3 is 0 Å². The fourth-order valence-electron chi connectivity index (χ4n) is 2.38. The van der Waals surface area contributed by atoms with Gasteiger partial charge in [-0.05, 0) is 48.4 Å². The van der Waals surface area contributed by atoms with Crippen molar-refractivity contribution in [1.29, 1.82) is 0 Å². The third kappa shape index (κ3) is 5.73. The summed E-state index contributed by atoms with van der Waals surface area (Å²) < 4.78 is 42.1. The van der Waals surface area contributed by atoms with E-state index in [4.69, 9.17) is 0 Å². The molecule has 2 N–H and O–H groups in total. The second-order valence-corrected chi connectivity index (χ2v) is 11.6. The Hall–Kier alpha value is -1.55. The molecule has 2 aromatic carbocycles. The molecule has 2 rings (SSSR count). The third-order valence-electron chi connectivity index (χ3n) is 3.96. The molecule has 152 valence electrons. The van der Waals surface area contributed by atoms with E-state index in [1.165, 1.54) is 12.1 Å². The van der Waals surface area contributed by atoms with Crippen LogP contribution in [0.15, 0.2) is 47.4 Å². The maximum atomic E-state index is 14.1. The number of rotatable bonds is 5. The molecule has 0 aliphatic heterocycles. The van der Waals surface area contributed by atoms with Crippen LogP contribution >= 0.6 is 18.5 Å². The van der Waals surface area contributed by atoms with E-state index in [2.05, 4.69) is 10.0 Å². The number of benzene rings is 2. The molecule has 0 saturated carbocycles. The number of nitrogens with one attached hydrogen (secondary N) is 2. The standard InChI is InChI=1S/C19H25FN2O3P2S/c1-12-10-14(21-17(23)18(2,3)4)8-9-16(12)28(24,25)22-15-7-5-6-13(11-15)19(20,26)27/h5-11,22H,26-27H2,1-4H3,(H,21,23). The maximum absolute atomic E-state index is 14.1. The summed E-state index contributed by atoms with van der Waals surface area (Å²) in [4.78, 5) is 12.2. The lowest BCUT2D eigenvalue weighted by Crippen LogP contribution is -2.27. The summed E-state index contributed by atoms with van der Waals surface area (Å²) in [6.07, 6.45) is 0. The van der Waals surface area contributed by atoms with Crippen LogP contribution in [0.1, 0.15) is 31.9 Å². The Morgan fingerprint density at radius 3 is 2.21 bits per heavy atom. The van der Waals surface area contributed by atoms with Crippen molar-refractivity contribution in [3.63, 3.8) is 0 Å². The van der Waals surface area contributed by atoms with Crippen LogP contribution in [0.5, 0.6) is 0 Å². The molecule has 0 heterocycles. The van der Waals surface area contributed by atoms with Crippen LogP contribution in [0.2, 0.25) is 0 Å². The highest BCUT2D eigenvalue weighted by Gasteiger charge is 2.23. The lowest BCUT2D eigenvalue weighted by Gasteiger charge is -2.19. The van der Waals surface area contributed by atoms with E-state index in [0.29, 0.717) is 16.8 Å². The summed E-state index contributed by atoms with van der Waals surface area (Å²) in [6, 6.07) is 10.7. The van der Waals surface area contributed by atoms with E-state index in [0.717, 1.165) is 0 Å². The first-order valence-corrected chi connectivity index (χ1v) is 11.2. The summed E-state index contributed by atoms with van der Waals surface area (Å²) in [5.74, 6) is -0.165. The molecule has 0 bridgehead atoms. The first-order chi connectivity index (χ1) is 12.7. The number of sulfonamides is 1. The van der Waals surface area contributed by atoms with Gasteiger partial charge in [0.15, 0.2) is 5.15 Å². The Labute approximate surface area is 170 Å². The predicted molar refractivity (Wildman–Crippen MR) is 119 cm³/mol. The van der Waals surface area contributed by atoms with Crippen molar-refractivity contribution < 1.29 is 17.6 Å². The van der Waals surface area contributed by atoms with Crippen LogP contribution in [0.25, 0.3) is 0 Å². The molecule has 0 spiro atoms. The van der Waals surface area contributed by atoms with Crippen molar-refractivity contribution in [1.82, 2.24) is 0 Å². The average molecular weight is 442 g/mol. The predicted octanol–water partition coefficient (Wildman–Crippen LogP) is 4.61.